The summed E-state index contributed by atoms with van der Waals surface area (Å²) in [7, 11) is 0. The molecule has 6 rings (SSSR count). The number of carbonyl (C=O) groups excluding carboxylic acids is 2. The van der Waals surface area contributed by atoms with E-state index in [0.717, 1.165) is 41.8 Å². The SMILES string of the molecule is O=C(Cc1ccc(NCC2CCN(C3(C(=O)NO)N=CC=CN3)CC2)nc1)Nc1ccc(Cl)c(-c2nc3ccccc3[nH]2)c1. The highest BCUT2D eigenvalue weighted by Crippen LogP contribution is 2.30. The highest BCUT2D eigenvalue weighted by atomic mass is 35.5. The van der Waals surface area contributed by atoms with Gasteiger partial charge in [0.1, 0.15) is 11.6 Å². The minimum Gasteiger partial charge on any atom is -0.370 e. The van der Waals surface area contributed by atoms with Crippen LogP contribution in [0.2, 0.25) is 5.02 Å². The van der Waals surface area contributed by atoms with Gasteiger partial charge in [0.05, 0.1) is 22.5 Å². The molecule has 226 valence electrons. The molecule has 1 saturated heterocycles. The molecule has 0 saturated carbocycles. The van der Waals surface area contributed by atoms with Crippen molar-refractivity contribution >= 4 is 52.2 Å². The van der Waals surface area contributed by atoms with Crippen LogP contribution in [0.3, 0.4) is 0 Å². The van der Waals surface area contributed by atoms with Gasteiger partial charge in [-0.2, -0.15) is 0 Å². The van der Waals surface area contributed by atoms with Crippen LogP contribution in [0.15, 0.2) is 78.1 Å². The lowest BCUT2D eigenvalue weighted by molar-refractivity contribution is -0.145. The molecule has 0 radical (unpaired) electrons. The zero-order valence-electron chi connectivity index (χ0n) is 23.8. The first kappa shape index (κ1) is 29.3. The number of fused-ring (bicyclic) bond motifs is 1. The van der Waals surface area contributed by atoms with E-state index >= 15 is 0 Å². The highest BCUT2D eigenvalue weighted by Gasteiger charge is 2.45. The first-order valence-electron chi connectivity index (χ1n) is 14.3. The molecule has 6 N–H and O–H groups in total. The van der Waals surface area contributed by atoms with Crippen LogP contribution in [-0.4, -0.2) is 68.5 Å². The van der Waals surface area contributed by atoms with E-state index in [4.69, 9.17) is 11.6 Å². The van der Waals surface area contributed by atoms with Gasteiger partial charge in [0.15, 0.2) is 0 Å². The average Bonchev–Trinajstić information content (AvgIpc) is 3.50. The predicted octanol–water partition coefficient (Wildman–Crippen LogP) is 3.93. The van der Waals surface area contributed by atoms with Crippen molar-refractivity contribution in [1.29, 1.82) is 0 Å². The van der Waals surface area contributed by atoms with E-state index in [2.05, 4.69) is 35.9 Å². The summed E-state index contributed by atoms with van der Waals surface area (Å²) in [6.45, 7) is 1.99. The van der Waals surface area contributed by atoms with Gasteiger partial charge in [0.25, 0.3) is 5.79 Å². The number of hydrogen-bond acceptors (Lipinski definition) is 9. The van der Waals surface area contributed by atoms with Crippen molar-refractivity contribution in [2.45, 2.75) is 25.0 Å². The number of H-pyrrole nitrogens is 1. The van der Waals surface area contributed by atoms with Crippen molar-refractivity contribution in [2.24, 2.45) is 10.9 Å². The number of likely N-dealkylation sites (tertiary alicyclic amines) is 1. The summed E-state index contributed by atoms with van der Waals surface area (Å²) in [5.74, 6) is -0.388. The summed E-state index contributed by atoms with van der Waals surface area (Å²) in [5.41, 5.74) is 5.59. The Bertz CT molecular complexity index is 1680. The number of hydroxylamine groups is 1. The number of imidazole rings is 1. The number of benzene rings is 2. The number of halogens is 1. The van der Waals surface area contributed by atoms with Crippen LogP contribution in [0, 0.1) is 5.92 Å². The molecule has 0 spiro atoms. The molecule has 44 heavy (non-hydrogen) atoms. The van der Waals surface area contributed by atoms with E-state index < -0.39 is 11.7 Å². The number of rotatable bonds is 9. The van der Waals surface area contributed by atoms with Crippen LogP contribution >= 0.6 is 11.6 Å². The largest absolute Gasteiger partial charge is 0.370 e. The van der Waals surface area contributed by atoms with Crippen LogP contribution in [0.1, 0.15) is 18.4 Å². The Labute approximate surface area is 258 Å². The monoisotopic (exact) mass is 613 g/mol. The molecule has 0 aliphatic carbocycles. The minimum atomic E-state index is -1.34. The highest BCUT2D eigenvalue weighted by molar-refractivity contribution is 6.33. The van der Waals surface area contributed by atoms with Gasteiger partial charge in [0, 0.05) is 49.5 Å². The van der Waals surface area contributed by atoms with Crippen molar-refractivity contribution in [2.75, 3.05) is 30.3 Å². The average molecular weight is 614 g/mol. The minimum absolute atomic E-state index is 0.169. The summed E-state index contributed by atoms with van der Waals surface area (Å²) in [5, 5.41) is 19.1. The Morgan fingerprint density at radius 1 is 1.11 bits per heavy atom. The van der Waals surface area contributed by atoms with Crippen LogP contribution in [0.5, 0.6) is 0 Å². The second-order valence-electron chi connectivity index (χ2n) is 10.8. The number of aromatic nitrogens is 3. The van der Waals surface area contributed by atoms with Crippen molar-refractivity contribution in [3.63, 3.8) is 0 Å². The molecule has 1 fully saturated rings. The van der Waals surface area contributed by atoms with Crippen LogP contribution in [-0.2, 0) is 16.0 Å². The molecule has 1 unspecified atom stereocenters. The lowest BCUT2D eigenvalue weighted by Gasteiger charge is -2.43. The maximum absolute atomic E-state index is 12.8. The molecular formula is C31H32ClN9O3. The number of amides is 2. The third-order valence-corrected chi connectivity index (χ3v) is 8.20. The number of piperidine rings is 1. The van der Waals surface area contributed by atoms with Crippen molar-refractivity contribution < 1.29 is 14.8 Å². The van der Waals surface area contributed by atoms with Crippen LogP contribution in [0.25, 0.3) is 22.4 Å². The number of para-hydroxylation sites is 2. The molecule has 2 aliphatic heterocycles. The third-order valence-electron chi connectivity index (χ3n) is 7.87. The zero-order chi connectivity index (χ0) is 30.5. The Morgan fingerprint density at radius 2 is 1.95 bits per heavy atom. The smallest absolute Gasteiger partial charge is 0.308 e. The number of anilines is 2. The van der Waals surface area contributed by atoms with E-state index in [1.807, 2.05) is 47.4 Å². The van der Waals surface area contributed by atoms with Crippen molar-refractivity contribution in [1.82, 2.24) is 30.6 Å². The number of carbonyl (C=O) groups is 2. The molecule has 2 amide bonds. The number of aliphatic imine (C=N–C) groups is 1. The van der Waals surface area contributed by atoms with Gasteiger partial charge in [-0.1, -0.05) is 29.8 Å². The van der Waals surface area contributed by atoms with E-state index in [9.17, 15) is 14.8 Å². The number of hydrogen-bond donors (Lipinski definition) is 6. The van der Waals surface area contributed by atoms with Gasteiger partial charge in [-0.05, 0) is 66.8 Å². The van der Waals surface area contributed by atoms with Crippen LogP contribution in [0.4, 0.5) is 11.5 Å². The number of nitrogens with one attached hydrogen (secondary N) is 5. The maximum Gasteiger partial charge on any atom is 0.308 e. The summed E-state index contributed by atoms with van der Waals surface area (Å²) in [6.07, 6.45) is 8.45. The quantitative estimate of drug-likeness (QED) is 0.122. The Balaban J connectivity index is 0.993. The summed E-state index contributed by atoms with van der Waals surface area (Å²) < 4.78 is 0. The van der Waals surface area contributed by atoms with Crippen LogP contribution < -0.4 is 21.4 Å². The zero-order valence-corrected chi connectivity index (χ0v) is 24.5. The molecule has 1 atom stereocenters. The standard InChI is InChI=1S/C31H32ClN9O3/c32-24-8-7-22(17-23(24)29-38-25-4-1-2-5-26(25)39-29)37-28(42)16-21-6-9-27(34-19-21)33-18-20-10-14-41(15-11-20)31(30(43)40-44)35-12-3-13-36-31/h1-9,12-13,17,19-20,35,44H,10-11,14-16,18H2,(H,33,34)(H,37,42)(H,38,39)(H,40,43). The molecule has 13 heteroatoms. The third kappa shape index (κ3) is 6.27. The van der Waals surface area contributed by atoms with Crippen molar-refractivity contribution in [3.05, 3.63) is 83.7 Å². The van der Waals surface area contributed by atoms with E-state index in [0.29, 0.717) is 41.1 Å². The second kappa shape index (κ2) is 12.8. The number of pyridine rings is 1. The predicted molar refractivity (Wildman–Crippen MR) is 169 cm³/mol. The fraction of sp³-hybridized carbons (Fsp3) is 0.258. The van der Waals surface area contributed by atoms with Gasteiger partial charge in [-0.15, -0.1) is 0 Å². The molecule has 4 heterocycles. The lowest BCUT2D eigenvalue weighted by atomic mass is 9.95. The summed E-state index contributed by atoms with van der Waals surface area (Å²) in [6, 6.07) is 16.8. The molecule has 2 aliphatic rings. The normalized spacial score (nSPS) is 18.6. The molecule has 0 bridgehead atoms. The Kier molecular flexibility index (Phi) is 8.55. The van der Waals surface area contributed by atoms with Gasteiger partial charge in [0.2, 0.25) is 5.91 Å². The first-order chi connectivity index (χ1) is 21.4. The fourth-order valence-electron chi connectivity index (χ4n) is 5.51. The Morgan fingerprint density at radius 3 is 2.68 bits per heavy atom. The Hall–Kier alpha value is -4.78. The van der Waals surface area contributed by atoms with Gasteiger partial charge in [-0.25, -0.2) is 20.4 Å². The molecule has 12 nitrogen and oxygen atoms in total. The van der Waals surface area contributed by atoms with Crippen molar-refractivity contribution in [3.8, 4) is 11.4 Å². The molecular weight excluding hydrogens is 582 g/mol. The van der Waals surface area contributed by atoms with E-state index in [-0.39, 0.29) is 12.3 Å². The fourth-order valence-corrected chi connectivity index (χ4v) is 5.72. The summed E-state index contributed by atoms with van der Waals surface area (Å²) >= 11 is 6.45. The molecule has 2 aromatic carbocycles. The second-order valence-corrected chi connectivity index (χ2v) is 11.2. The molecule has 2 aromatic heterocycles. The van der Waals surface area contributed by atoms with E-state index in [1.165, 1.54) is 0 Å². The van der Waals surface area contributed by atoms with Gasteiger partial charge < -0.3 is 20.9 Å². The number of allylic oxidation sites excluding steroid dienone is 1. The van der Waals surface area contributed by atoms with E-state index in [1.54, 1.807) is 42.3 Å². The topological polar surface area (TPSA) is 160 Å². The number of aromatic amines is 1. The first-order valence-corrected chi connectivity index (χ1v) is 14.7. The van der Waals surface area contributed by atoms with Gasteiger partial charge >= 0.3 is 5.91 Å². The number of nitrogens with zero attached hydrogens (tertiary/aromatic N) is 4. The maximum atomic E-state index is 12.8. The molecule has 4 aromatic rings. The lowest BCUT2D eigenvalue weighted by Crippen LogP contribution is -2.66. The summed E-state index contributed by atoms with van der Waals surface area (Å²) in [4.78, 5) is 43.9. The van der Waals surface area contributed by atoms with Gasteiger partial charge in [-0.3, -0.25) is 19.7 Å².